The number of carbonyl (C=O) groups is 1. The Morgan fingerprint density at radius 1 is 0.974 bits per heavy atom. The summed E-state index contributed by atoms with van der Waals surface area (Å²) in [5.74, 6) is 0.364. The molecule has 2 aromatic carbocycles. The van der Waals surface area contributed by atoms with Crippen LogP contribution in [0.3, 0.4) is 0 Å². The molecule has 38 heavy (non-hydrogen) atoms. The number of methoxy groups -OCH3 is 1. The van der Waals surface area contributed by atoms with E-state index in [1.165, 1.54) is 12.7 Å². The van der Waals surface area contributed by atoms with Crippen molar-refractivity contribution in [2.24, 2.45) is 5.41 Å². The summed E-state index contributed by atoms with van der Waals surface area (Å²) in [6.07, 6.45) is 3.21. The zero-order valence-corrected chi connectivity index (χ0v) is 24.6. The van der Waals surface area contributed by atoms with Gasteiger partial charge in [-0.25, -0.2) is 14.8 Å². The Labute approximate surface area is 233 Å². The van der Waals surface area contributed by atoms with Crippen molar-refractivity contribution in [3.8, 4) is 0 Å². The van der Waals surface area contributed by atoms with Crippen LogP contribution in [-0.2, 0) is 27.9 Å². The lowest BCUT2D eigenvalue weighted by molar-refractivity contribution is -0.0327. The Kier molecular flexibility index (Phi) is 10.1. The van der Waals surface area contributed by atoms with Crippen LogP contribution in [0.15, 0.2) is 54.6 Å². The van der Waals surface area contributed by atoms with Gasteiger partial charge in [0.2, 0.25) is 0 Å². The molecule has 0 radical (unpaired) electrons. The largest absolute Gasteiger partial charge is 0.465 e. The monoisotopic (exact) mass is 536 g/mol. The van der Waals surface area contributed by atoms with Gasteiger partial charge in [-0.1, -0.05) is 88.7 Å². The van der Waals surface area contributed by atoms with Crippen LogP contribution in [0.5, 0.6) is 0 Å². The molecule has 0 aliphatic heterocycles. The first-order valence-corrected chi connectivity index (χ1v) is 13.8. The number of carbonyl (C=O) groups excluding carboxylic acids is 1. The average Bonchev–Trinajstić information content (AvgIpc) is 2.90. The van der Waals surface area contributed by atoms with Crippen molar-refractivity contribution < 1.29 is 14.3 Å². The summed E-state index contributed by atoms with van der Waals surface area (Å²) in [7, 11) is 1.39. The number of rotatable bonds is 11. The number of halogens is 1. The maximum atomic E-state index is 11.9. The smallest absolute Gasteiger partial charge is 0.337 e. The number of hydrogen-bond donors (Lipinski definition) is 0. The fourth-order valence-corrected chi connectivity index (χ4v) is 5.33. The lowest BCUT2D eigenvalue weighted by Crippen LogP contribution is -2.31. The van der Waals surface area contributed by atoms with Crippen LogP contribution in [0.1, 0.15) is 92.4 Å². The molecule has 204 valence electrons. The zero-order chi connectivity index (χ0) is 27.9. The Balaban J connectivity index is 1.85. The van der Waals surface area contributed by atoms with Gasteiger partial charge in [0.25, 0.3) is 0 Å². The van der Waals surface area contributed by atoms with Crippen molar-refractivity contribution >= 4 is 17.6 Å². The standard InChI is InChI=1S/C32H41ClN2O3/c1-8-32(9-2,25-17-15-24(16-18-25)29(36)37-7)30-34-22(3)26(28(33)35-30)19-20-27(31(4,5)6)38-21-23-13-11-10-12-14-23/h10-18,27H,8-9,19-21H2,1-7H3. The fourth-order valence-electron chi connectivity index (χ4n) is 5.02. The van der Waals surface area contributed by atoms with Gasteiger partial charge in [0.1, 0.15) is 11.0 Å². The van der Waals surface area contributed by atoms with E-state index in [4.69, 9.17) is 31.0 Å². The Hall–Kier alpha value is -2.76. The minimum absolute atomic E-state index is 0.0219. The van der Waals surface area contributed by atoms with Crippen LogP contribution in [-0.4, -0.2) is 29.2 Å². The van der Waals surface area contributed by atoms with E-state index < -0.39 is 5.41 Å². The third-order valence-corrected chi connectivity index (χ3v) is 7.89. The van der Waals surface area contributed by atoms with Crippen molar-refractivity contribution in [2.45, 2.75) is 85.4 Å². The predicted octanol–water partition coefficient (Wildman–Crippen LogP) is 7.90. The van der Waals surface area contributed by atoms with Crippen LogP contribution in [0.2, 0.25) is 5.15 Å². The fraction of sp³-hybridized carbons (Fsp3) is 0.469. The third kappa shape index (κ3) is 6.81. The van der Waals surface area contributed by atoms with Crippen molar-refractivity contribution in [1.82, 2.24) is 9.97 Å². The molecule has 3 aromatic rings. The molecule has 0 saturated heterocycles. The topological polar surface area (TPSA) is 61.3 Å². The number of ether oxygens (including phenoxy) is 2. The summed E-state index contributed by atoms with van der Waals surface area (Å²) in [5, 5.41) is 0.501. The van der Waals surface area contributed by atoms with Gasteiger partial charge in [-0.2, -0.15) is 0 Å². The molecule has 1 aromatic heterocycles. The van der Waals surface area contributed by atoms with Crippen LogP contribution in [0.25, 0.3) is 0 Å². The SMILES string of the molecule is CCC(CC)(c1ccc(C(=O)OC)cc1)c1nc(C)c(CCC(OCc2ccccc2)C(C)(C)C)c(Cl)n1. The van der Waals surface area contributed by atoms with Crippen LogP contribution in [0, 0.1) is 12.3 Å². The summed E-state index contributed by atoms with van der Waals surface area (Å²) in [4.78, 5) is 21.8. The van der Waals surface area contributed by atoms with Crippen molar-refractivity contribution in [1.29, 1.82) is 0 Å². The second-order valence-corrected chi connectivity index (χ2v) is 11.3. The molecule has 5 nitrogen and oxygen atoms in total. The number of nitrogens with zero attached hydrogens (tertiary/aromatic N) is 2. The number of hydrogen-bond acceptors (Lipinski definition) is 5. The third-order valence-electron chi connectivity index (χ3n) is 7.57. The van der Waals surface area contributed by atoms with Gasteiger partial charge < -0.3 is 9.47 Å². The van der Waals surface area contributed by atoms with Gasteiger partial charge in [0.05, 0.1) is 30.8 Å². The van der Waals surface area contributed by atoms with E-state index in [-0.39, 0.29) is 17.5 Å². The van der Waals surface area contributed by atoms with E-state index in [1.807, 2.05) is 37.3 Å². The maximum absolute atomic E-state index is 11.9. The molecule has 0 saturated carbocycles. The summed E-state index contributed by atoms with van der Waals surface area (Å²) in [5.41, 5.74) is 4.17. The first-order chi connectivity index (χ1) is 18.1. The molecule has 0 aliphatic carbocycles. The second kappa shape index (κ2) is 12.9. The zero-order valence-electron chi connectivity index (χ0n) is 23.8. The van der Waals surface area contributed by atoms with Crippen molar-refractivity contribution in [3.63, 3.8) is 0 Å². The second-order valence-electron chi connectivity index (χ2n) is 11.0. The molecular weight excluding hydrogens is 496 g/mol. The molecule has 0 fully saturated rings. The summed E-state index contributed by atoms with van der Waals surface area (Å²) < 4.78 is 11.2. The van der Waals surface area contributed by atoms with Gasteiger partial charge in [0.15, 0.2) is 0 Å². The Morgan fingerprint density at radius 3 is 2.13 bits per heavy atom. The van der Waals surface area contributed by atoms with Crippen molar-refractivity contribution in [2.75, 3.05) is 7.11 Å². The minimum atomic E-state index is -0.408. The summed E-state index contributed by atoms with van der Waals surface area (Å²) in [6, 6.07) is 17.8. The molecule has 0 aliphatic rings. The summed E-state index contributed by atoms with van der Waals surface area (Å²) >= 11 is 6.85. The van der Waals surface area contributed by atoms with Crippen LogP contribution in [0.4, 0.5) is 0 Å². The normalized spacial score (nSPS) is 12.8. The molecule has 1 heterocycles. The number of aryl methyl sites for hydroxylation is 1. The van der Waals surface area contributed by atoms with Gasteiger partial charge in [-0.15, -0.1) is 0 Å². The first-order valence-electron chi connectivity index (χ1n) is 13.4. The highest BCUT2D eigenvalue weighted by Crippen LogP contribution is 2.38. The van der Waals surface area contributed by atoms with Gasteiger partial charge >= 0.3 is 5.97 Å². The molecule has 6 heteroatoms. The lowest BCUT2D eigenvalue weighted by atomic mass is 9.74. The van der Waals surface area contributed by atoms with Crippen molar-refractivity contribution in [3.05, 3.63) is 93.5 Å². The highest BCUT2D eigenvalue weighted by molar-refractivity contribution is 6.30. The number of esters is 1. The molecule has 1 atom stereocenters. The molecule has 0 spiro atoms. The molecule has 0 amide bonds. The van der Waals surface area contributed by atoms with E-state index in [0.717, 1.165) is 42.5 Å². The molecule has 3 rings (SSSR count). The van der Waals surface area contributed by atoms with E-state index in [0.29, 0.717) is 23.1 Å². The molecular formula is C32H41ClN2O3. The summed E-state index contributed by atoms with van der Waals surface area (Å²) in [6.45, 7) is 13.5. The number of benzene rings is 2. The quantitative estimate of drug-likeness (QED) is 0.184. The highest BCUT2D eigenvalue weighted by Gasteiger charge is 2.35. The van der Waals surface area contributed by atoms with Gasteiger partial charge in [-0.3, -0.25) is 0 Å². The minimum Gasteiger partial charge on any atom is -0.465 e. The highest BCUT2D eigenvalue weighted by atomic mass is 35.5. The number of aromatic nitrogens is 2. The Morgan fingerprint density at radius 2 is 1.61 bits per heavy atom. The molecule has 0 N–H and O–H groups in total. The van der Waals surface area contributed by atoms with Crippen LogP contribution < -0.4 is 0 Å². The molecule has 1 unspecified atom stereocenters. The average molecular weight is 537 g/mol. The van der Waals surface area contributed by atoms with E-state index >= 15 is 0 Å². The van der Waals surface area contributed by atoms with E-state index in [1.54, 1.807) is 12.1 Å². The first kappa shape index (κ1) is 29.8. The van der Waals surface area contributed by atoms with E-state index in [2.05, 4.69) is 46.8 Å². The van der Waals surface area contributed by atoms with E-state index in [9.17, 15) is 4.79 Å². The van der Waals surface area contributed by atoms with Gasteiger partial charge in [-0.05, 0) is 61.3 Å². The van der Waals surface area contributed by atoms with Crippen LogP contribution >= 0.6 is 11.6 Å². The van der Waals surface area contributed by atoms with Gasteiger partial charge in [0, 0.05) is 11.3 Å². The lowest BCUT2D eigenvalue weighted by Gasteiger charge is -2.32. The molecule has 0 bridgehead atoms. The Bertz CT molecular complexity index is 1180. The predicted molar refractivity (Wildman–Crippen MR) is 154 cm³/mol. The maximum Gasteiger partial charge on any atom is 0.337 e.